The van der Waals surface area contributed by atoms with Gasteiger partial charge in [0.05, 0.1) is 11.8 Å². The van der Waals surface area contributed by atoms with E-state index in [4.69, 9.17) is 0 Å². The van der Waals surface area contributed by atoms with Gasteiger partial charge in [-0.1, -0.05) is 32.9 Å². The molecule has 0 aromatic rings. The van der Waals surface area contributed by atoms with Crippen LogP contribution in [0.2, 0.25) is 0 Å². The predicted molar refractivity (Wildman–Crippen MR) is 90.7 cm³/mol. The second-order valence-corrected chi connectivity index (χ2v) is 9.43. The first kappa shape index (κ1) is 17.2. The number of allylic oxidation sites excluding steroid dienone is 2. The van der Waals surface area contributed by atoms with Gasteiger partial charge >= 0.3 is 0 Å². The molecule has 24 heavy (non-hydrogen) atoms. The predicted octanol–water partition coefficient (Wildman–Crippen LogP) is 2.12. The van der Waals surface area contributed by atoms with Crippen LogP contribution in [-0.2, 0) is 14.4 Å². The summed E-state index contributed by atoms with van der Waals surface area (Å²) in [7, 11) is 0. The third kappa shape index (κ3) is 3.01. The molecule has 3 rings (SSSR count). The Morgan fingerprint density at radius 3 is 2.04 bits per heavy atom. The number of fused-ring (bicyclic) bond motifs is 5. The van der Waals surface area contributed by atoms with E-state index in [2.05, 4.69) is 38.2 Å². The number of nitrogens with one attached hydrogen (secondary N) is 1. The quantitative estimate of drug-likeness (QED) is 0.633. The standard InChI is InChI=1S/C19H28N2O3/c1-18(2,3)10-19(4,5)20-13(22)9-21-16(23)14-11-6-7-12(8-11)15(14)17(21)24/h6-7,11-12,14-15H,8-10H2,1-5H3,(H,20,22)/t11-,12-,14+,15+/m0/s1. The Morgan fingerprint density at radius 2 is 1.58 bits per heavy atom. The molecule has 1 aliphatic heterocycles. The van der Waals surface area contributed by atoms with Crippen molar-refractivity contribution in [1.29, 1.82) is 0 Å². The molecule has 0 aromatic carbocycles. The second-order valence-electron chi connectivity index (χ2n) is 9.43. The topological polar surface area (TPSA) is 66.5 Å². The molecule has 0 radical (unpaired) electrons. The van der Waals surface area contributed by atoms with Gasteiger partial charge in [0.1, 0.15) is 6.54 Å². The normalized spacial score (nSPS) is 31.8. The van der Waals surface area contributed by atoms with Crippen molar-refractivity contribution in [2.24, 2.45) is 29.1 Å². The minimum Gasteiger partial charge on any atom is -0.350 e. The Bertz CT molecular complexity index is 585. The number of amides is 3. The zero-order valence-corrected chi connectivity index (χ0v) is 15.3. The summed E-state index contributed by atoms with van der Waals surface area (Å²) in [6, 6.07) is 0. The van der Waals surface area contributed by atoms with Gasteiger partial charge in [-0.2, -0.15) is 0 Å². The molecule has 4 atom stereocenters. The lowest BCUT2D eigenvalue weighted by atomic mass is 9.82. The molecule has 2 bridgehead atoms. The number of rotatable bonds is 4. The molecular formula is C19H28N2O3. The maximum Gasteiger partial charge on any atom is 0.240 e. The number of carbonyl (C=O) groups excluding carboxylic acids is 3. The van der Waals surface area contributed by atoms with E-state index in [9.17, 15) is 14.4 Å². The molecule has 2 aliphatic carbocycles. The summed E-state index contributed by atoms with van der Waals surface area (Å²) in [6.45, 7) is 10.2. The lowest BCUT2D eigenvalue weighted by Crippen LogP contribution is -2.50. The van der Waals surface area contributed by atoms with Crippen LogP contribution in [-0.4, -0.2) is 34.7 Å². The first-order valence-electron chi connectivity index (χ1n) is 8.83. The van der Waals surface area contributed by atoms with Crippen molar-refractivity contribution in [3.05, 3.63) is 12.2 Å². The Labute approximate surface area is 143 Å². The van der Waals surface area contributed by atoms with Gasteiger partial charge < -0.3 is 5.32 Å². The zero-order valence-electron chi connectivity index (χ0n) is 15.3. The maximum atomic E-state index is 12.6. The highest BCUT2D eigenvalue weighted by Crippen LogP contribution is 2.52. The van der Waals surface area contributed by atoms with E-state index >= 15 is 0 Å². The second kappa shape index (κ2) is 5.43. The minimum atomic E-state index is -0.377. The van der Waals surface area contributed by atoms with Gasteiger partial charge in [0, 0.05) is 5.54 Å². The Balaban J connectivity index is 1.64. The molecule has 1 N–H and O–H groups in total. The molecule has 0 unspecified atom stereocenters. The van der Waals surface area contributed by atoms with Crippen molar-refractivity contribution >= 4 is 17.7 Å². The van der Waals surface area contributed by atoms with Crippen molar-refractivity contribution in [2.75, 3.05) is 6.54 Å². The van der Waals surface area contributed by atoms with E-state index in [-0.39, 0.29) is 58.9 Å². The van der Waals surface area contributed by atoms with Gasteiger partial charge in [-0.15, -0.1) is 0 Å². The monoisotopic (exact) mass is 332 g/mol. The van der Waals surface area contributed by atoms with Crippen LogP contribution in [0.15, 0.2) is 12.2 Å². The fraction of sp³-hybridized carbons (Fsp3) is 0.737. The van der Waals surface area contributed by atoms with Gasteiger partial charge in [-0.25, -0.2) is 0 Å². The van der Waals surface area contributed by atoms with Crippen molar-refractivity contribution in [1.82, 2.24) is 10.2 Å². The molecule has 1 saturated heterocycles. The van der Waals surface area contributed by atoms with Crippen LogP contribution in [0.25, 0.3) is 0 Å². The van der Waals surface area contributed by atoms with Crippen LogP contribution in [0, 0.1) is 29.1 Å². The van der Waals surface area contributed by atoms with E-state index in [1.165, 1.54) is 4.90 Å². The zero-order chi connectivity index (χ0) is 17.9. The Morgan fingerprint density at radius 1 is 1.08 bits per heavy atom. The lowest BCUT2D eigenvalue weighted by Gasteiger charge is -2.33. The van der Waals surface area contributed by atoms with Crippen LogP contribution in [0.1, 0.15) is 47.5 Å². The number of likely N-dealkylation sites (tertiary alicyclic amines) is 1. The smallest absolute Gasteiger partial charge is 0.240 e. The molecule has 1 saturated carbocycles. The van der Waals surface area contributed by atoms with Crippen LogP contribution in [0.3, 0.4) is 0 Å². The van der Waals surface area contributed by atoms with Crippen LogP contribution < -0.4 is 5.32 Å². The summed E-state index contributed by atoms with van der Waals surface area (Å²) >= 11 is 0. The van der Waals surface area contributed by atoms with E-state index in [1.54, 1.807) is 0 Å². The largest absolute Gasteiger partial charge is 0.350 e. The summed E-state index contributed by atoms with van der Waals surface area (Å²) in [4.78, 5) is 38.8. The Hall–Kier alpha value is -1.65. The fourth-order valence-corrected chi connectivity index (χ4v) is 5.05. The number of carbonyl (C=O) groups is 3. The highest BCUT2D eigenvalue weighted by molar-refractivity contribution is 6.08. The van der Waals surface area contributed by atoms with Gasteiger partial charge in [-0.05, 0) is 43.9 Å². The van der Waals surface area contributed by atoms with Gasteiger partial charge in [-0.3, -0.25) is 19.3 Å². The minimum absolute atomic E-state index is 0.0813. The average Bonchev–Trinajstić information content (AvgIpc) is 3.04. The van der Waals surface area contributed by atoms with Crippen molar-refractivity contribution in [2.45, 2.75) is 53.0 Å². The highest BCUT2D eigenvalue weighted by Gasteiger charge is 2.59. The maximum absolute atomic E-state index is 12.6. The number of hydrogen-bond acceptors (Lipinski definition) is 3. The number of nitrogens with zero attached hydrogens (tertiary/aromatic N) is 1. The summed E-state index contributed by atoms with van der Waals surface area (Å²) < 4.78 is 0. The molecule has 0 aromatic heterocycles. The number of hydrogen-bond donors (Lipinski definition) is 1. The van der Waals surface area contributed by atoms with Crippen molar-refractivity contribution < 1.29 is 14.4 Å². The van der Waals surface area contributed by atoms with Crippen LogP contribution in [0.4, 0.5) is 0 Å². The Kier molecular flexibility index (Phi) is 3.89. The van der Waals surface area contributed by atoms with Gasteiger partial charge in [0.25, 0.3) is 0 Å². The fourth-order valence-electron chi connectivity index (χ4n) is 5.05. The molecule has 0 spiro atoms. The molecule has 5 heteroatoms. The van der Waals surface area contributed by atoms with Crippen molar-refractivity contribution in [3.63, 3.8) is 0 Å². The summed E-state index contributed by atoms with van der Waals surface area (Å²) in [6.07, 6.45) is 5.85. The molecule has 2 fully saturated rings. The van der Waals surface area contributed by atoms with Crippen molar-refractivity contribution in [3.8, 4) is 0 Å². The third-order valence-corrected chi connectivity index (χ3v) is 5.31. The summed E-state index contributed by atoms with van der Waals surface area (Å²) in [5, 5.41) is 2.98. The molecule has 1 heterocycles. The third-order valence-electron chi connectivity index (χ3n) is 5.31. The first-order valence-corrected chi connectivity index (χ1v) is 8.83. The molecular weight excluding hydrogens is 304 g/mol. The van der Waals surface area contributed by atoms with Crippen LogP contribution >= 0.6 is 0 Å². The summed E-state index contributed by atoms with van der Waals surface area (Å²) in [5.41, 5.74) is -0.296. The lowest BCUT2D eigenvalue weighted by molar-refractivity contribution is -0.144. The SMILES string of the molecule is CC(C)(C)CC(C)(C)NC(=O)CN1C(=O)[C@H]2[C@H](C1=O)[C@H]1C=C[C@H]2C1. The van der Waals surface area contributed by atoms with E-state index in [0.717, 1.165) is 12.8 Å². The van der Waals surface area contributed by atoms with E-state index in [1.807, 2.05) is 13.8 Å². The van der Waals surface area contributed by atoms with Gasteiger partial charge in [0.2, 0.25) is 17.7 Å². The molecule has 132 valence electrons. The van der Waals surface area contributed by atoms with Crippen LogP contribution in [0.5, 0.6) is 0 Å². The molecule has 3 aliphatic rings. The number of imide groups is 1. The first-order chi connectivity index (χ1) is 11.0. The molecule has 3 amide bonds. The summed E-state index contributed by atoms with van der Waals surface area (Å²) in [5.74, 6) is -0.683. The van der Waals surface area contributed by atoms with E-state index < -0.39 is 0 Å². The molecule has 5 nitrogen and oxygen atoms in total. The average molecular weight is 332 g/mol. The highest BCUT2D eigenvalue weighted by atomic mass is 16.2. The van der Waals surface area contributed by atoms with E-state index in [0.29, 0.717) is 0 Å². The van der Waals surface area contributed by atoms with Gasteiger partial charge in [0.15, 0.2) is 0 Å².